The van der Waals surface area contributed by atoms with Gasteiger partial charge in [-0.25, -0.2) is 4.98 Å². The highest BCUT2D eigenvalue weighted by Gasteiger charge is 2.20. The zero-order valence-electron chi connectivity index (χ0n) is 10.5. The monoisotopic (exact) mass is 301 g/mol. The molecule has 0 atom stereocenters. The van der Waals surface area contributed by atoms with E-state index < -0.39 is 0 Å². The van der Waals surface area contributed by atoms with Gasteiger partial charge in [-0.15, -0.1) is 11.3 Å². The van der Waals surface area contributed by atoms with Gasteiger partial charge in [-0.3, -0.25) is 9.78 Å². The Bertz CT molecular complexity index is 666. The number of nitrogens with zero attached hydrogens (tertiary/aromatic N) is 3. The Morgan fingerprint density at radius 2 is 2.20 bits per heavy atom. The van der Waals surface area contributed by atoms with Crippen molar-refractivity contribution in [1.29, 1.82) is 0 Å². The topological polar surface area (TPSA) is 46.1 Å². The summed E-state index contributed by atoms with van der Waals surface area (Å²) in [6.45, 7) is 0.519. The summed E-state index contributed by atoms with van der Waals surface area (Å²) in [5.74, 6) is -0.106. The second-order valence-corrected chi connectivity index (χ2v) is 5.61. The minimum absolute atomic E-state index is 0.106. The number of amides is 1. The summed E-state index contributed by atoms with van der Waals surface area (Å²) in [7, 11) is 0. The molecule has 0 spiro atoms. The highest BCUT2D eigenvalue weighted by atomic mass is 32.1. The quantitative estimate of drug-likeness (QED) is 0.741. The normalized spacial score (nSPS) is 10.4. The summed E-state index contributed by atoms with van der Waals surface area (Å²) in [5.41, 5.74) is 4.01. The average molecular weight is 301 g/mol. The zero-order chi connectivity index (χ0) is 13.8. The van der Waals surface area contributed by atoms with Crippen molar-refractivity contribution < 1.29 is 4.79 Å². The van der Waals surface area contributed by atoms with Gasteiger partial charge >= 0.3 is 0 Å². The molecule has 1 amide bonds. The van der Waals surface area contributed by atoms with E-state index in [1.807, 2.05) is 29.0 Å². The molecule has 0 bridgehead atoms. The fourth-order valence-corrected chi connectivity index (χ4v) is 3.00. The van der Waals surface area contributed by atoms with E-state index in [9.17, 15) is 4.79 Å². The van der Waals surface area contributed by atoms with Gasteiger partial charge in [0, 0.05) is 11.6 Å². The minimum Gasteiger partial charge on any atom is -0.301 e. The zero-order valence-corrected chi connectivity index (χ0v) is 12.1. The summed E-state index contributed by atoms with van der Waals surface area (Å²) in [4.78, 5) is 22.5. The van der Waals surface area contributed by atoms with Crippen LogP contribution >= 0.6 is 22.7 Å². The number of thiophene rings is 1. The first-order chi connectivity index (χ1) is 9.84. The molecule has 0 radical (unpaired) electrons. The van der Waals surface area contributed by atoms with Gasteiger partial charge in [-0.05, 0) is 34.5 Å². The fourth-order valence-electron chi connectivity index (χ4n) is 1.82. The SMILES string of the molecule is O=C(c1cscn1)N(Cc1ccsc1)c1cccnc1. The molecular weight excluding hydrogens is 290 g/mol. The molecule has 3 rings (SSSR count). The van der Waals surface area contributed by atoms with Crippen LogP contribution < -0.4 is 4.90 Å². The highest BCUT2D eigenvalue weighted by molar-refractivity contribution is 7.08. The van der Waals surface area contributed by atoms with Crippen LogP contribution in [0.4, 0.5) is 5.69 Å². The molecule has 6 heteroatoms. The maximum absolute atomic E-state index is 12.6. The lowest BCUT2D eigenvalue weighted by molar-refractivity contribution is 0.0981. The number of aromatic nitrogens is 2. The standard InChI is InChI=1S/C14H11N3OS2/c18-14(13-9-20-10-16-13)17(7-11-3-5-19-8-11)12-2-1-4-15-6-12/h1-6,8-10H,7H2. The van der Waals surface area contributed by atoms with Gasteiger partial charge < -0.3 is 4.90 Å². The van der Waals surface area contributed by atoms with Crippen molar-refractivity contribution in [3.8, 4) is 0 Å². The Morgan fingerprint density at radius 3 is 2.85 bits per heavy atom. The van der Waals surface area contributed by atoms with Crippen molar-refractivity contribution in [3.05, 3.63) is 63.5 Å². The molecule has 3 heterocycles. The van der Waals surface area contributed by atoms with Crippen molar-refractivity contribution in [1.82, 2.24) is 9.97 Å². The number of thiazole rings is 1. The lowest BCUT2D eigenvalue weighted by Crippen LogP contribution is -2.30. The van der Waals surface area contributed by atoms with Crippen LogP contribution in [0, 0.1) is 0 Å². The number of pyridine rings is 1. The van der Waals surface area contributed by atoms with Gasteiger partial charge in [0.15, 0.2) is 0 Å². The number of hydrogen-bond donors (Lipinski definition) is 0. The summed E-state index contributed by atoms with van der Waals surface area (Å²) in [6.07, 6.45) is 3.39. The number of anilines is 1. The second kappa shape index (κ2) is 5.94. The van der Waals surface area contributed by atoms with E-state index >= 15 is 0 Å². The van der Waals surface area contributed by atoms with E-state index in [1.165, 1.54) is 11.3 Å². The Morgan fingerprint density at radius 1 is 1.25 bits per heavy atom. The molecule has 3 aromatic rings. The summed E-state index contributed by atoms with van der Waals surface area (Å²) < 4.78 is 0. The molecule has 4 nitrogen and oxygen atoms in total. The summed E-state index contributed by atoms with van der Waals surface area (Å²) in [6, 6.07) is 5.72. The second-order valence-electron chi connectivity index (χ2n) is 4.11. The van der Waals surface area contributed by atoms with Crippen LogP contribution in [0.25, 0.3) is 0 Å². The molecule has 0 aromatic carbocycles. The van der Waals surface area contributed by atoms with E-state index in [0.717, 1.165) is 11.3 Å². The van der Waals surface area contributed by atoms with Crippen LogP contribution in [-0.4, -0.2) is 15.9 Å². The summed E-state index contributed by atoms with van der Waals surface area (Å²) in [5, 5.41) is 5.81. The van der Waals surface area contributed by atoms with E-state index in [2.05, 4.69) is 9.97 Å². The van der Waals surface area contributed by atoms with Crippen LogP contribution in [0.1, 0.15) is 16.1 Å². The molecular formula is C14H11N3OS2. The third-order valence-electron chi connectivity index (χ3n) is 2.77. The van der Waals surface area contributed by atoms with Crippen LogP contribution in [0.5, 0.6) is 0 Å². The van der Waals surface area contributed by atoms with Crippen LogP contribution in [0.3, 0.4) is 0 Å². The van der Waals surface area contributed by atoms with Gasteiger partial charge in [0.05, 0.1) is 23.9 Å². The maximum atomic E-state index is 12.6. The molecule has 0 saturated heterocycles. The minimum atomic E-state index is -0.106. The molecule has 100 valence electrons. The van der Waals surface area contributed by atoms with Gasteiger partial charge in [0.1, 0.15) is 5.69 Å². The van der Waals surface area contributed by atoms with Crippen molar-refractivity contribution in [2.75, 3.05) is 4.90 Å². The van der Waals surface area contributed by atoms with Gasteiger partial charge in [-0.2, -0.15) is 11.3 Å². The largest absolute Gasteiger partial charge is 0.301 e. The Balaban J connectivity index is 1.93. The molecule has 0 aliphatic rings. The highest BCUT2D eigenvalue weighted by Crippen LogP contribution is 2.20. The van der Waals surface area contributed by atoms with Gasteiger partial charge in [0.2, 0.25) is 0 Å². The lowest BCUT2D eigenvalue weighted by Gasteiger charge is -2.21. The first-order valence-electron chi connectivity index (χ1n) is 5.96. The molecule has 3 aromatic heterocycles. The van der Waals surface area contributed by atoms with Gasteiger partial charge in [-0.1, -0.05) is 0 Å². The third kappa shape index (κ3) is 2.76. The van der Waals surface area contributed by atoms with Crippen LogP contribution in [0.15, 0.2) is 52.2 Å². The maximum Gasteiger partial charge on any atom is 0.278 e. The Labute approximate surface area is 124 Å². The molecule has 20 heavy (non-hydrogen) atoms. The first-order valence-corrected chi connectivity index (χ1v) is 7.84. The van der Waals surface area contributed by atoms with Crippen molar-refractivity contribution in [2.24, 2.45) is 0 Å². The molecule has 0 N–H and O–H groups in total. The molecule has 0 saturated carbocycles. The smallest absolute Gasteiger partial charge is 0.278 e. The molecule has 0 aliphatic heterocycles. The first kappa shape index (κ1) is 13.0. The average Bonchev–Trinajstić information content (AvgIpc) is 3.18. The van der Waals surface area contributed by atoms with Crippen molar-refractivity contribution >= 4 is 34.3 Å². The predicted octanol–water partition coefficient (Wildman–Crippen LogP) is 3.45. The number of rotatable bonds is 4. The number of carbonyl (C=O) groups excluding carboxylic acids is 1. The van der Waals surface area contributed by atoms with Gasteiger partial charge in [0.25, 0.3) is 5.91 Å². The Kier molecular flexibility index (Phi) is 3.85. The molecule has 0 aliphatic carbocycles. The fraction of sp³-hybridized carbons (Fsp3) is 0.0714. The number of carbonyl (C=O) groups is 1. The summed E-state index contributed by atoms with van der Waals surface area (Å²) >= 11 is 3.04. The van der Waals surface area contributed by atoms with E-state index in [4.69, 9.17) is 0 Å². The van der Waals surface area contributed by atoms with Crippen LogP contribution in [-0.2, 0) is 6.54 Å². The van der Waals surface area contributed by atoms with Crippen molar-refractivity contribution in [3.63, 3.8) is 0 Å². The van der Waals surface area contributed by atoms with E-state index in [0.29, 0.717) is 12.2 Å². The van der Waals surface area contributed by atoms with Crippen LogP contribution in [0.2, 0.25) is 0 Å². The Hall–Kier alpha value is -2.05. The number of hydrogen-bond acceptors (Lipinski definition) is 5. The molecule has 0 fully saturated rings. The van der Waals surface area contributed by atoms with E-state index in [1.54, 1.807) is 39.5 Å². The van der Waals surface area contributed by atoms with Crippen molar-refractivity contribution in [2.45, 2.75) is 6.54 Å². The van der Waals surface area contributed by atoms with E-state index in [-0.39, 0.29) is 5.91 Å². The molecule has 0 unspecified atom stereocenters. The third-order valence-corrected chi connectivity index (χ3v) is 4.09. The lowest BCUT2D eigenvalue weighted by atomic mass is 10.2. The predicted molar refractivity (Wildman–Crippen MR) is 81.2 cm³/mol.